The van der Waals surface area contributed by atoms with Crippen molar-refractivity contribution in [3.05, 3.63) is 88.7 Å². The first-order valence-corrected chi connectivity index (χ1v) is 13.0. The molecular formula is C30H31N3O5. The minimum atomic E-state index is -0.932. The summed E-state index contributed by atoms with van der Waals surface area (Å²) in [4.78, 5) is 18.9. The van der Waals surface area contributed by atoms with Crippen molar-refractivity contribution in [1.29, 1.82) is 0 Å². The molecule has 1 atom stereocenters. The molecule has 0 bridgehead atoms. The Morgan fingerprint density at radius 3 is 2.79 bits per heavy atom. The lowest BCUT2D eigenvalue weighted by Gasteiger charge is -2.30. The van der Waals surface area contributed by atoms with E-state index in [1.807, 2.05) is 30.3 Å². The number of fused-ring (bicyclic) bond motifs is 2. The molecule has 8 heteroatoms. The van der Waals surface area contributed by atoms with Crippen LogP contribution in [0.2, 0.25) is 0 Å². The molecule has 1 N–H and O–H groups in total. The molecule has 3 aromatic carbocycles. The van der Waals surface area contributed by atoms with Gasteiger partial charge in [0.25, 0.3) is 0 Å². The van der Waals surface area contributed by atoms with Crippen molar-refractivity contribution in [2.24, 2.45) is 0 Å². The van der Waals surface area contributed by atoms with E-state index in [2.05, 4.69) is 21.6 Å². The lowest BCUT2D eigenvalue weighted by molar-refractivity contribution is -0.0592. The molecule has 2 aliphatic heterocycles. The lowest BCUT2D eigenvalue weighted by atomic mass is 9.99. The number of imidazole rings is 1. The highest BCUT2D eigenvalue weighted by molar-refractivity contribution is 5.92. The fourth-order valence-corrected chi connectivity index (χ4v) is 5.21. The van der Waals surface area contributed by atoms with E-state index >= 15 is 0 Å². The predicted molar refractivity (Wildman–Crippen MR) is 143 cm³/mol. The summed E-state index contributed by atoms with van der Waals surface area (Å²) in [6.07, 6.45) is 2.11. The second-order valence-electron chi connectivity index (χ2n) is 9.96. The van der Waals surface area contributed by atoms with Gasteiger partial charge in [0.15, 0.2) is 0 Å². The Morgan fingerprint density at radius 1 is 1.11 bits per heavy atom. The van der Waals surface area contributed by atoms with E-state index < -0.39 is 5.97 Å². The van der Waals surface area contributed by atoms with Crippen molar-refractivity contribution in [3.8, 4) is 11.5 Å². The van der Waals surface area contributed by atoms with E-state index in [0.717, 1.165) is 66.5 Å². The number of carboxylic acids is 1. The molecule has 0 aliphatic carbocycles. The number of benzene rings is 3. The molecule has 38 heavy (non-hydrogen) atoms. The van der Waals surface area contributed by atoms with E-state index in [4.69, 9.17) is 19.2 Å². The van der Waals surface area contributed by atoms with Gasteiger partial charge in [-0.15, -0.1) is 0 Å². The summed E-state index contributed by atoms with van der Waals surface area (Å²) in [5.41, 5.74) is 5.60. The summed E-state index contributed by atoms with van der Waals surface area (Å²) in [6, 6.07) is 19.4. The summed E-state index contributed by atoms with van der Waals surface area (Å²) >= 11 is 0. The van der Waals surface area contributed by atoms with E-state index in [0.29, 0.717) is 19.7 Å². The summed E-state index contributed by atoms with van der Waals surface area (Å²) in [5.74, 6) is 1.68. The monoisotopic (exact) mass is 513 g/mol. The molecule has 8 nitrogen and oxygen atoms in total. The molecular weight excluding hydrogens is 482 g/mol. The van der Waals surface area contributed by atoms with Crippen molar-refractivity contribution in [2.75, 3.05) is 20.3 Å². The van der Waals surface area contributed by atoms with Crippen molar-refractivity contribution < 1.29 is 24.1 Å². The highest BCUT2D eigenvalue weighted by Gasteiger charge is 2.24. The first-order valence-electron chi connectivity index (χ1n) is 13.0. The fraction of sp³-hybridized carbons (Fsp3) is 0.333. The second kappa shape index (κ2) is 10.5. The number of hydrogen-bond donors (Lipinski definition) is 1. The number of aromatic nitrogens is 2. The molecule has 2 aliphatic rings. The smallest absolute Gasteiger partial charge is 0.335 e. The minimum absolute atomic E-state index is 0.144. The number of carbonyl (C=O) groups is 1. The first kappa shape index (κ1) is 24.5. The van der Waals surface area contributed by atoms with Gasteiger partial charge in [-0.2, -0.15) is 0 Å². The average Bonchev–Trinajstić information content (AvgIpc) is 3.25. The topological polar surface area (TPSA) is 86.0 Å². The molecule has 0 spiro atoms. The Kier molecular flexibility index (Phi) is 6.74. The van der Waals surface area contributed by atoms with Crippen LogP contribution < -0.4 is 9.47 Å². The molecule has 0 unspecified atom stereocenters. The molecule has 0 amide bonds. The summed E-state index contributed by atoms with van der Waals surface area (Å²) in [6.45, 7) is 4.35. The Labute approximate surface area is 221 Å². The Bertz CT molecular complexity index is 1480. The molecule has 1 saturated heterocycles. The second-order valence-corrected chi connectivity index (χ2v) is 9.96. The fourth-order valence-electron chi connectivity index (χ4n) is 5.21. The summed E-state index contributed by atoms with van der Waals surface area (Å²) < 4.78 is 19.3. The molecule has 6 rings (SSSR count). The Hall–Kier alpha value is -3.88. The number of hydrogen-bond acceptors (Lipinski definition) is 6. The van der Waals surface area contributed by atoms with Crippen molar-refractivity contribution in [1.82, 2.24) is 14.5 Å². The standard InChI is InChI=1S/C30H31N3O5/c1-36-24-4-2-3-20(13-24)19-38-25-7-5-21-9-11-32(16-23(21)14-25)18-29-31-27-8-6-22(30(34)35)15-28(27)33(29)17-26-10-12-37-26/h2-8,13-15,26H,9-12,16-19H2,1H3,(H,34,35)/t26-/m0/s1. The maximum Gasteiger partial charge on any atom is 0.335 e. The molecule has 0 radical (unpaired) electrons. The van der Waals surface area contributed by atoms with Gasteiger partial charge in [-0.3, -0.25) is 4.90 Å². The SMILES string of the molecule is COc1cccc(COc2ccc3c(c2)CN(Cc2nc4ccc(C(=O)O)cc4n2C[C@@H]2CCO2)CC3)c1. The van der Waals surface area contributed by atoms with Gasteiger partial charge in [0.1, 0.15) is 23.9 Å². The number of ether oxygens (including phenoxy) is 3. The number of nitrogens with zero attached hydrogens (tertiary/aromatic N) is 3. The van der Waals surface area contributed by atoms with Crippen LogP contribution in [0.15, 0.2) is 60.7 Å². The van der Waals surface area contributed by atoms with Crippen LogP contribution in [0.25, 0.3) is 11.0 Å². The van der Waals surface area contributed by atoms with E-state index in [1.54, 1.807) is 25.3 Å². The van der Waals surface area contributed by atoms with Crippen molar-refractivity contribution in [2.45, 2.75) is 45.2 Å². The van der Waals surface area contributed by atoms with E-state index in [-0.39, 0.29) is 11.7 Å². The van der Waals surface area contributed by atoms with E-state index in [9.17, 15) is 9.90 Å². The van der Waals surface area contributed by atoms with Crippen LogP contribution >= 0.6 is 0 Å². The number of methoxy groups -OCH3 is 1. The van der Waals surface area contributed by atoms with Crippen LogP contribution in [0.5, 0.6) is 11.5 Å². The van der Waals surface area contributed by atoms with Gasteiger partial charge >= 0.3 is 5.97 Å². The van der Waals surface area contributed by atoms with Gasteiger partial charge < -0.3 is 23.9 Å². The first-order chi connectivity index (χ1) is 18.6. The van der Waals surface area contributed by atoms with Gasteiger partial charge in [-0.25, -0.2) is 9.78 Å². The zero-order valence-electron chi connectivity index (χ0n) is 21.4. The molecule has 4 aromatic rings. The molecule has 1 aromatic heterocycles. The van der Waals surface area contributed by atoms with E-state index in [1.165, 1.54) is 11.1 Å². The summed E-state index contributed by atoms with van der Waals surface area (Å²) in [5, 5.41) is 9.51. The van der Waals surface area contributed by atoms with Gasteiger partial charge in [0, 0.05) is 19.7 Å². The molecule has 3 heterocycles. The number of rotatable bonds is 9. The number of aromatic carboxylic acids is 1. The third kappa shape index (κ3) is 5.10. The van der Waals surface area contributed by atoms with Crippen LogP contribution in [-0.4, -0.2) is 51.9 Å². The van der Waals surface area contributed by atoms with Gasteiger partial charge in [-0.1, -0.05) is 18.2 Å². The minimum Gasteiger partial charge on any atom is -0.497 e. The van der Waals surface area contributed by atoms with Crippen molar-refractivity contribution >= 4 is 17.0 Å². The van der Waals surface area contributed by atoms with Crippen LogP contribution in [-0.2, 0) is 37.4 Å². The van der Waals surface area contributed by atoms with Crippen molar-refractivity contribution in [3.63, 3.8) is 0 Å². The highest BCUT2D eigenvalue weighted by atomic mass is 16.5. The third-order valence-electron chi connectivity index (χ3n) is 7.43. The molecule has 0 saturated carbocycles. The number of carboxylic acid groups (broad SMARTS) is 1. The van der Waals surface area contributed by atoms with Crippen LogP contribution in [0.1, 0.15) is 39.3 Å². The normalized spacial score (nSPS) is 17.1. The maximum atomic E-state index is 11.6. The van der Waals surface area contributed by atoms with Gasteiger partial charge in [-0.05, 0) is 72.0 Å². The highest BCUT2D eigenvalue weighted by Crippen LogP contribution is 2.28. The summed E-state index contributed by atoms with van der Waals surface area (Å²) in [7, 11) is 1.67. The average molecular weight is 514 g/mol. The largest absolute Gasteiger partial charge is 0.497 e. The lowest BCUT2D eigenvalue weighted by Crippen LogP contribution is -2.34. The Balaban J connectivity index is 1.19. The predicted octanol–water partition coefficient (Wildman–Crippen LogP) is 4.67. The van der Waals surface area contributed by atoms with Crippen LogP contribution in [0.3, 0.4) is 0 Å². The zero-order valence-corrected chi connectivity index (χ0v) is 21.4. The van der Waals surface area contributed by atoms with Crippen LogP contribution in [0.4, 0.5) is 0 Å². The Morgan fingerprint density at radius 2 is 2.00 bits per heavy atom. The van der Waals surface area contributed by atoms with Gasteiger partial charge in [0.2, 0.25) is 0 Å². The molecule has 1 fully saturated rings. The quantitative estimate of drug-likeness (QED) is 0.348. The maximum absolute atomic E-state index is 11.6. The zero-order chi connectivity index (χ0) is 26.1. The van der Waals surface area contributed by atoms with Gasteiger partial charge in [0.05, 0.1) is 42.9 Å². The van der Waals surface area contributed by atoms with Crippen LogP contribution in [0, 0.1) is 0 Å². The molecule has 196 valence electrons. The third-order valence-corrected chi connectivity index (χ3v) is 7.43.